The number of methoxy groups -OCH3 is 1. The van der Waals surface area contributed by atoms with Crippen molar-refractivity contribution in [2.24, 2.45) is 5.92 Å². The highest BCUT2D eigenvalue weighted by molar-refractivity contribution is 7.96. The molecule has 0 radical (unpaired) electrons. The molecule has 0 N–H and O–H groups in total. The molecular formula is C7H9F2O7S-. The molecule has 0 aromatic rings. The lowest BCUT2D eigenvalue weighted by atomic mass is 10.2. The Labute approximate surface area is 99.0 Å². The molecular weight excluding hydrogens is 266 g/mol. The number of hydrogen-bond acceptors (Lipinski definition) is 8. The molecule has 0 saturated carbocycles. The van der Waals surface area contributed by atoms with E-state index in [1.54, 1.807) is 0 Å². The van der Waals surface area contributed by atoms with Gasteiger partial charge in [-0.05, 0) is 6.92 Å². The van der Waals surface area contributed by atoms with Crippen molar-refractivity contribution in [1.29, 1.82) is 0 Å². The van der Waals surface area contributed by atoms with E-state index in [1.165, 1.54) is 6.92 Å². The van der Waals surface area contributed by atoms with Gasteiger partial charge in [-0.15, -0.1) is 0 Å². The van der Waals surface area contributed by atoms with Gasteiger partial charge in [0, 0.05) is 0 Å². The Balaban J connectivity index is 4.12. The normalized spacial score (nSPS) is 13.0. The third-order valence-corrected chi connectivity index (χ3v) is 1.97. The van der Waals surface area contributed by atoms with Crippen molar-refractivity contribution in [3.8, 4) is 0 Å². The Hall–Kier alpha value is -0.970. The van der Waals surface area contributed by atoms with Gasteiger partial charge in [-0.2, -0.15) is 13.1 Å². The molecule has 0 saturated heterocycles. The number of esters is 2. The molecule has 7 nitrogen and oxygen atoms in total. The molecule has 0 bridgehead atoms. The third kappa shape index (κ3) is 5.77. The van der Waals surface area contributed by atoms with Gasteiger partial charge < -0.3 is 14.7 Å². The molecule has 10 heteroatoms. The Morgan fingerprint density at radius 3 is 2.53 bits per heavy atom. The van der Waals surface area contributed by atoms with Crippen LogP contribution in [0.15, 0.2) is 0 Å². The highest BCUT2D eigenvalue weighted by atomic mass is 32.2. The molecule has 1 atom stereocenters. The van der Waals surface area contributed by atoms with Crippen molar-refractivity contribution < 1.29 is 42.5 Å². The van der Waals surface area contributed by atoms with E-state index < -0.39 is 41.8 Å². The zero-order chi connectivity index (χ0) is 13.5. The maximum atomic E-state index is 12.8. The average Bonchev–Trinajstić information content (AvgIpc) is 2.31. The molecule has 0 spiro atoms. The second kappa shape index (κ2) is 7.37. The number of ether oxygens (including phenoxy) is 2. The molecule has 0 fully saturated rings. The highest BCUT2D eigenvalue weighted by Gasteiger charge is 2.44. The van der Waals surface area contributed by atoms with Crippen LogP contribution < -0.4 is 5.26 Å². The van der Waals surface area contributed by atoms with E-state index in [2.05, 4.69) is 18.8 Å². The average molecular weight is 275 g/mol. The summed E-state index contributed by atoms with van der Waals surface area (Å²) >= 11 is -0.806. The molecule has 1 unspecified atom stereocenters. The van der Waals surface area contributed by atoms with Gasteiger partial charge in [0.1, 0.15) is 18.6 Å². The number of alkyl halides is 2. The van der Waals surface area contributed by atoms with Gasteiger partial charge >= 0.3 is 17.2 Å². The van der Waals surface area contributed by atoms with Gasteiger partial charge in [-0.3, -0.25) is 9.83 Å². The Morgan fingerprint density at radius 2 is 2.06 bits per heavy atom. The van der Waals surface area contributed by atoms with Gasteiger partial charge in [-0.25, -0.2) is 4.79 Å². The second-order valence-corrected chi connectivity index (χ2v) is 3.57. The van der Waals surface area contributed by atoms with E-state index in [4.69, 9.17) is 0 Å². The summed E-state index contributed by atoms with van der Waals surface area (Å²) in [5.74, 6) is -3.57. The first-order chi connectivity index (χ1) is 7.85. The molecule has 17 heavy (non-hydrogen) atoms. The molecule has 100 valence electrons. The minimum absolute atomic E-state index is 0.583. The highest BCUT2D eigenvalue weighted by Crippen LogP contribution is 2.31. The van der Waals surface area contributed by atoms with Gasteiger partial charge in [0.15, 0.2) is 0 Å². The topological polar surface area (TPSA) is 94.1 Å². The van der Waals surface area contributed by atoms with E-state index in [0.717, 1.165) is 7.11 Å². The lowest BCUT2D eigenvalue weighted by Crippen LogP contribution is -2.30. The van der Waals surface area contributed by atoms with Crippen molar-refractivity contribution in [3.05, 3.63) is 0 Å². The first-order valence-electron chi connectivity index (χ1n) is 4.12. The summed E-state index contributed by atoms with van der Waals surface area (Å²) in [6.07, 6.45) is 0. The number of hydrogen-bond donors (Lipinski definition) is 0. The van der Waals surface area contributed by atoms with Crippen molar-refractivity contribution >= 4 is 24.0 Å². The third-order valence-electron chi connectivity index (χ3n) is 1.47. The smallest absolute Gasteiger partial charge is 0.415 e. The van der Waals surface area contributed by atoms with Crippen molar-refractivity contribution in [1.82, 2.24) is 0 Å². The van der Waals surface area contributed by atoms with Gasteiger partial charge in [0.25, 0.3) is 0 Å². The van der Waals surface area contributed by atoms with Crippen molar-refractivity contribution in [2.75, 3.05) is 13.7 Å². The van der Waals surface area contributed by atoms with E-state index in [-0.39, 0.29) is 0 Å². The lowest BCUT2D eigenvalue weighted by Gasteiger charge is -2.15. The van der Waals surface area contributed by atoms with Gasteiger partial charge in [-0.1, -0.05) is 0 Å². The van der Waals surface area contributed by atoms with Crippen LogP contribution in [0.2, 0.25) is 0 Å². The zero-order valence-electron chi connectivity index (χ0n) is 8.81. The SMILES string of the molecule is COC(=O)C(C)COC(=O)C(F)(F)SOO[O-]. The summed E-state index contributed by atoms with van der Waals surface area (Å²) in [5, 5.41) is 7.85. The van der Waals surface area contributed by atoms with Gasteiger partial charge in [0.05, 0.1) is 13.0 Å². The summed E-state index contributed by atoms with van der Waals surface area (Å²) in [7, 11) is 1.10. The quantitative estimate of drug-likeness (QED) is 0.273. The monoisotopic (exact) mass is 275 g/mol. The fourth-order valence-electron chi connectivity index (χ4n) is 0.645. The number of carbonyl (C=O) groups is 2. The van der Waals surface area contributed by atoms with Crippen LogP contribution in [0, 0.1) is 5.92 Å². The minimum Gasteiger partial charge on any atom is -0.691 e. The lowest BCUT2D eigenvalue weighted by molar-refractivity contribution is -0.777. The maximum absolute atomic E-state index is 12.8. The van der Waals surface area contributed by atoms with E-state index in [1.807, 2.05) is 0 Å². The summed E-state index contributed by atoms with van der Waals surface area (Å²) in [5.41, 5.74) is 0. The Kier molecular flexibility index (Phi) is 6.95. The van der Waals surface area contributed by atoms with Gasteiger partial charge in [0.2, 0.25) is 0 Å². The van der Waals surface area contributed by atoms with Crippen LogP contribution in [0.25, 0.3) is 0 Å². The summed E-state index contributed by atoms with van der Waals surface area (Å²) < 4.78 is 37.3. The van der Waals surface area contributed by atoms with Crippen LogP contribution in [0.5, 0.6) is 0 Å². The molecule has 0 aromatic heterocycles. The molecule has 0 aliphatic rings. The van der Waals surface area contributed by atoms with E-state index >= 15 is 0 Å². The second-order valence-electron chi connectivity index (χ2n) is 2.76. The molecule has 0 aliphatic carbocycles. The van der Waals surface area contributed by atoms with E-state index in [0.29, 0.717) is 0 Å². The van der Waals surface area contributed by atoms with Crippen LogP contribution in [0.3, 0.4) is 0 Å². The minimum atomic E-state index is -4.11. The Morgan fingerprint density at radius 1 is 1.47 bits per heavy atom. The predicted molar refractivity (Wildman–Crippen MR) is 46.8 cm³/mol. The molecule has 0 rings (SSSR count). The summed E-state index contributed by atoms with van der Waals surface area (Å²) in [6.45, 7) is 0.738. The fourth-order valence-corrected chi connectivity index (χ4v) is 0.885. The van der Waals surface area contributed by atoms with Crippen LogP contribution >= 0.6 is 12.0 Å². The van der Waals surface area contributed by atoms with Crippen LogP contribution in [-0.2, 0) is 28.4 Å². The van der Waals surface area contributed by atoms with Crippen LogP contribution in [-0.4, -0.2) is 30.9 Å². The van der Waals surface area contributed by atoms with Crippen LogP contribution in [0.4, 0.5) is 8.78 Å². The van der Waals surface area contributed by atoms with Crippen molar-refractivity contribution in [2.45, 2.75) is 12.2 Å². The fraction of sp³-hybridized carbons (Fsp3) is 0.714. The standard InChI is InChI=1S/C7H10F2O7S/c1-4(5(10)13-2)3-14-6(11)7(8,9)17-16-15-12/h4,12H,3H2,1-2H3/p-1. The summed E-state index contributed by atoms with van der Waals surface area (Å²) in [6, 6.07) is 0. The number of halogens is 2. The van der Waals surface area contributed by atoms with Crippen molar-refractivity contribution in [3.63, 3.8) is 0 Å². The molecule has 0 amide bonds. The summed E-state index contributed by atoms with van der Waals surface area (Å²) in [4.78, 5) is 21.7. The molecule has 0 heterocycles. The maximum Gasteiger partial charge on any atom is 0.415 e. The van der Waals surface area contributed by atoms with Crippen LogP contribution in [0.1, 0.15) is 6.92 Å². The molecule has 0 aromatic carbocycles. The first-order valence-corrected chi connectivity index (χ1v) is 4.86. The number of carbonyl (C=O) groups excluding carboxylic acids is 2. The van der Waals surface area contributed by atoms with E-state index in [9.17, 15) is 23.6 Å². The molecule has 0 aliphatic heterocycles. The largest absolute Gasteiger partial charge is 0.691 e. The predicted octanol–water partition coefficient (Wildman–Crippen LogP) is -0.197. The zero-order valence-corrected chi connectivity index (χ0v) is 9.62. The number of rotatable bonds is 7. The first kappa shape index (κ1) is 16.0. The Bertz CT molecular complexity index is 273.